The van der Waals surface area contributed by atoms with Crippen LogP contribution in [0.5, 0.6) is 0 Å². The SMILES string of the molecule is CN(CCCC(C)(C)N)c1ccccc1Br. The Labute approximate surface area is 107 Å². The summed E-state index contributed by atoms with van der Waals surface area (Å²) in [5.74, 6) is 0. The summed E-state index contributed by atoms with van der Waals surface area (Å²) in [5, 5.41) is 0. The number of rotatable bonds is 5. The van der Waals surface area contributed by atoms with Crippen molar-refractivity contribution in [3.8, 4) is 0 Å². The Bertz CT molecular complexity index is 331. The molecule has 0 aromatic heterocycles. The van der Waals surface area contributed by atoms with Crippen LogP contribution in [0.15, 0.2) is 28.7 Å². The van der Waals surface area contributed by atoms with Crippen molar-refractivity contribution in [3.05, 3.63) is 28.7 Å². The van der Waals surface area contributed by atoms with Crippen molar-refractivity contribution >= 4 is 21.6 Å². The van der Waals surface area contributed by atoms with E-state index in [0.29, 0.717) is 0 Å². The van der Waals surface area contributed by atoms with Gasteiger partial charge in [-0.25, -0.2) is 0 Å². The Morgan fingerprint density at radius 1 is 1.31 bits per heavy atom. The van der Waals surface area contributed by atoms with Crippen molar-refractivity contribution in [1.82, 2.24) is 0 Å². The number of benzene rings is 1. The maximum Gasteiger partial charge on any atom is 0.0508 e. The summed E-state index contributed by atoms with van der Waals surface area (Å²) in [5.41, 5.74) is 7.14. The first kappa shape index (κ1) is 13.5. The highest BCUT2D eigenvalue weighted by molar-refractivity contribution is 9.10. The predicted molar refractivity (Wildman–Crippen MR) is 74.9 cm³/mol. The topological polar surface area (TPSA) is 29.3 Å². The third-order valence-electron chi connectivity index (χ3n) is 2.58. The summed E-state index contributed by atoms with van der Waals surface area (Å²) in [7, 11) is 2.11. The maximum absolute atomic E-state index is 5.96. The van der Waals surface area contributed by atoms with Crippen LogP contribution < -0.4 is 10.6 Å². The monoisotopic (exact) mass is 284 g/mol. The van der Waals surface area contributed by atoms with Crippen LogP contribution in [0.4, 0.5) is 5.69 Å². The highest BCUT2D eigenvalue weighted by Crippen LogP contribution is 2.25. The fraction of sp³-hybridized carbons (Fsp3) is 0.538. The van der Waals surface area contributed by atoms with Crippen LogP contribution in [0.1, 0.15) is 26.7 Å². The summed E-state index contributed by atoms with van der Waals surface area (Å²) in [6, 6.07) is 8.28. The molecule has 0 heterocycles. The van der Waals surface area contributed by atoms with Gasteiger partial charge in [0.15, 0.2) is 0 Å². The number of anilines is 1. The van der Waals surface area contributed by atoms with Crippen LogP contribution in [-0.2, 0) is 0 Å². The van der Waals surface area contributed by atoms with Gasteiger partial charge in [0.05, 0.1) is 5.69 Å². The van der Waals surface area contributed by atoms with Crippen LogP contribution in [0, 0.1) is 0 Å². The zero-order valence-electron chi connectivity index (χ0n) is 10.3. The summed E-state index contributed by atoms with van der Waals surface area (Å²) < 4.78 is 1.14. The van der Waals surface area contributed by atoms with E-state index in [1.165, 1.54) is 5.69 Å². The fourth-order valence-corrected chi connectivity index (χ4v) is 2.24. The molecule has 0 amide bonds. The molecule has 1 rings (SSSR count). The zero-order valence-corrected chi connectivity index (χ0v) is 11.9. The molecular weight excluding hydrogens is 264 g/mol. The van der Waals surface area contributed by atoms with Crippen molar-refractivity contribution in [2.24, 2.45) is 5.73 Å². The molecule has 0 saturated carbocycles. The van der Waals surface area contributed by atoms with Gasteiger partial charge in [0, 0.05) is 23.6 Å². The molecule has 0 aliphatic heterocycles. The number of nitrogens with two attached hydrogens (primary N) is 1. The van der Waals surface area contributed by atoms with Crippen molar-refractivity contribution in [2.75, 3.05) is 18.5 Å². The summed E-state index contributed by atoms with van der Waals surface area (Å²) in [4.78, 5) is 2.26. The molecule has 3 heteroatoms. The van der Waals surface area contributed by atoms with Gasteiger partial charge in [0.2, 0.25) is 0 Å². The van der Waals surface area contributed by atoms with Crippen LogP contribution in [0.3, 0.4) is 0 Å². The lowest BCUT2D eigenvalue weighted by Crippen LogP contribution is -2.33. The lowest BCUT2D eigenvalue weighted by molar-refractivity contribution is 0.460. The largest absolute Gasteiger partial charge is 0.374 e. The average Bonchev–Trinajstić information content (AvgIpc) is 2.16. The Morgan fingerprint density at radius 3 is 2.50 bits per heavy atom. The molecule has 0 radical (unpaired) electrons. The normalized spacial score (nSPS) is 11.6. The van der Waals surface area contributed by atoms with E-state index in [0.717, 1.165) is 23.9 Å². The standard InChI is InChI=1S/C13H21BrN2/c1-13(2,15)9-6-10-16(3)12-8-5-4-7-11(12)14/h4-5,7-8H,6,9-10,15H2,1-3H3. The molecule has 2 N–H and O–H groups in total. The van der Waals surface area contributed by atoms with Gasteiger partial charge in [-0.3, -0.25) is 0 Å². The van der Waals surface area contributed by atoms with Crippen molar-refractivity contribution in [3.63, 3.8) is 0 Å². The molecule has 90 valence electrons. The maximum atomic E-state index is 5.96. The van der Waals surface area contributed by atoms with E-state index in [-0.39, 0.29) is 5.54 Å². The van der Waals surface area contributed by atoms with Crippen LogP contribution in [0.2, 0.25) is 0 Å². The number of halogens is 1. The van der Waals surface area contributed by atoms with E-state index in [2.05, 4.69) is 59.9 Å². The third-order valence-corrected chi connectivity index (χ3v) is 3.25. The summed E-state index contributed by atoms with van der Waals surface area (Å²) >= 11 is 3.56. The second-order valence-electron chi connectivity index (χ2n) is 4.97. The molecule has 16 heavy (non-hydrogen) atoms. The average molecular weight is 285 g/mol. The van der Waals surface area contributed by atoms with Crippen LogP contribution >= 0.6 is 15.9 Å². The van der Waals surface area contributed by atoms with E-state index in [9.17, 15) is 0 Å². The summed E-state index contributed by atoms with van der Waals surface area (Å²) in [6.07, 6.45) is 2.16. The minimum atomic E-state index is -0.0608. The molecule has 0 bridgehead atoms. The van der Waals surface area contributed by atoms with E-state index in [4.69, 9.17) is 5.73 Å². The zero-order chi connectivity index (χ0) is 12.2. The summed E-state index contributed by atoms with van der Waals surface area (Å²) in [6.45, 7) is 5.18. The Balaban J connectivity index is 2.47. The molecule has 0 spiro atoms. The predicted octanol–water partition coefficient (Wildman–Crippen LogP) is 3.40. The van der Waals surface area contributed by atoms with Gasteiger partial charge >= 0.3 is 0 Å². The van der Waals surface area contributed by atoms with Gasteiger partial charge in [-0.15, -0.1) is 0 Å². The Hall–Kier alpha value is -0.540. The molecule has 1 aromatic rings. The molecule has 2 nitrogen and oxygen atoms in total. The molecule has 0 aliphatic carbocycles. The van der Waals surface area contributed by atoms with E-state index in [1.807, 2.05) is 6.07 Å². The quantitative estimate of drug-likeness (QED) is 0.898. The third kappa shape index (κ3) is 4.54. The van der Waals surface area contributed by atoms with E-state index in [1.54, 1.807) is 0 Å². The van der Waals surface area contributed by atoms with Gasteiger partial charge < -0.3 is 10.6 Å². The van der Waals surface area contributed by atoms with E-state index < -0.39 is 0 Å². The van der Waals surface area contributed by atoms with Crippen molar-refractivity contribution in [2.45, 2.75) is 32.2 Å². The minimum absolute atomic E-state index is 0.0608. The van der Waals surface area contributed by atoms with Crippen molar-refractivity contribution in [1.29, 1.82) is 0 Å². The number of hydrogen-bond donors (Lipinski definition) is 1. The number of para-hydroxylation sites is 1. The van der Waals surface area contributed by atoms with Crippen LogP contribution in [-0.4, -0.2) is 19.1 Å². The Morgan fingerprint density at radius 2 is 1.94 bits per heavy atom. The first-order chi connectivity index (χ1) is 7.40. The molecule has 0 unspecified atom stereocenters. The molecule has 1 aromatic carbocycles. The van der Waals surface area contributed by atoms with Crippen molar-refractivity contribution < 1.29 is 0 Å². The molecule has 0 saturated heterocycles. The molecular formula is C13H21BrN2. The van der Waals surface area contributed by atoms with Gasteiger partial charge in [0.1, 0.15) is 0 Å². The fourth-order valence-electron chi connectivity index (χ4n) is 1.65. The molecule has 0 atom stereocenters. The highest BCUT2D eigenvalue weighted by Gasteiger charge is 2.11. The molecule has 0 aliphatic rings. The van der Waals surface area contributed by atoms with Gasteiger partial charge in [-0.2, -0.15) is 0 Å². The number of hydrogen-bond acceptors (Lipinski definition) is 2. The smallest absolute Gasteiger partial charge is 0.0508 e. The van der Waals surface area contributed by atoms with Gasteiger partial charge in [-0.1, -0.05) is 12.1 Å². The lowest BCUT2D eigenvalue weighted by atomic mass is 10.00. The highest BCUT2D eigenvalue weighted by atomic mass is 79.9. The second-order valence-corrected chi connectivity index (χ2v) is 5.82. The lowest BCUT2D eigenvalue weighted by Gasteiger charge is -2.23. The first-order valence-electron chi connectivity index (χ1n) is 5.65. The van der Waals surface area contributed by atoms with Gasteiger partial charge in [0.25, 0.3) is 0 Å². The second kappa shape index (κ2) is 5.69. The van der Waals surface area contributed by atoms with Crippen LogP contribution in [0.25, 0.3) is 0 Å². The first-order valence-corrected chi connectivity index (χ1v) is 6.44. The minimum Gasteiger partial charge on any atom is -0.374 e. The molecule has 0 fully saturated rings. The Kier molecular flexibility index (Phi) is 4.81. The van der Waals surface area contributed by atoms with E-state index >= 15 is 0 Å². The number of nitrogens with zero attached hydrogens (tertiary/aromatic N) is 1. The van der Waals surface area contributed by atoms with Gasteiger partial charge in [-0.05, 0) is 54.8 Å².